The highest BCUT2D eigenvalue weighted by atomic mass is 127. The van der Waals surface area contributed by atoms with Crippen molar-refractivity contribution in [2.75, 3.05) is 11.9 Å². The number of hydrogen-bond donors (Lipinski definition) is 2. The molecule has 0 saturated carbocycles. The summed E-state index contributed by atoms with van der Waals surface area (Å²) in [6, 6.07) is 26.7. The second kappa shape index (κ2) is 14.5. The number of nitrogens with zero attached hydrogens (tertiary/aromatic N) is 2. The summed E-state index contributed by atoms with van der Waals surface area (Å²) in [6.07, 6.45) is 1.58. The predicted octanol–water partition coefficient (Wildman–Crippen LogP) is 8.86. The van der Waals surface area contributed by atoms with Gasteiger partial charge in [-0.3, -0.25) is 4.79 Å². The second-order valence-corrected chi connectivity index (χ2v) is 11.9. The van der Waals surface area contributed by atoms with E-state index in [1.807, 2.05) is 73.0 Å². The normalized spacial score (nSPS) is 11.0. The molecular formula is C33H28ClIN4O3S. The van der Waals surface area contributed by atoms with Crippen LogP contribution in [0.2, 0.25) is 5.02 Å². The maximum atomic E-state index is 12.7. The molecule has 0 unspecified atom stereocenters. The fourth-order valence-electron chi connectivity index (χ4n) is 4.09. The first-order chi connectivity index (χ1) is 20.9. The van der Waals surface area contributed by atoms with Crippen molar-refractivity contribution < 1.29 is 14.3 Å². The Kier molecular flexibility index (Phi) is 10.3. The molecule has 4 aromatic carbocycles. The Bertz CT molecular complexity index is 1740. The molecule has 0 fully saturated rings. The first-order valence-corrected chi connectivity index (χ1v) is 15.8. The van der Waals surface area contributed by atoms with Crippen LogP contribution in [0.4, 0.5) is 10.8 Å². The van der Waals surface area contributed by atoms with Crippen LogP contribution in [0.25, 0.3) is 11.3 Å². The van der Waals surface area contributed by atoms with Crippen LogP contribution in [0.3, 0.4) is 0 Å². The van der Waals surface area contributed by atoms with Crippen molar-refractivity contribution in [3.8, 4) is 22.8 Å². The lowest BCUT2D eigenvalue weighted by molar-refractivity contribution is 0.0955. The van der Waals surface area contributed by atoms with Gasteiger partial charge in [-0.15, -0.1) is 11.3 Å². The van der Waals surface area contributed by atoms with Gasteiger partial charge in [-0.2, -0.15) is 5.10 Å². The van der Waals surface area contributed by atoms with Crippen molar-refractivity contribution in [3.63, 3.8) is 0 Å². The fourth-order valence-corrected chi connectivity index (χ4v) is 5.83. The molecular weight excluding hydrogens is 695 g/mol. The van der Waals surface area contributed by atoms with Crippen molar-refractivity contribution in [1.29, 1.82) is 0 Å². The first kappa shape index (κ1) is 30.5. The number of halogens is 2. The molecule has 0 radical (unpaired) electrons. The molecule has 0 aliphatic rings. The number of ether oxygens (including phenoxy) is 2. The molecule has 0 bridgehead atoms. The summed E-state index contributed by atoms with van der Waals surface area (Å²) in [5.41, 5.74) is 8.76. The number of aryl methyl sites for hydroxylation is 1. The summed E-state index contributed by atoms with van der Waals surface area (Å²) in [4.78, 5) is 17.4. The topological polar surface area (TPSA) is 84.8 Å². The molecule has 0 atom stereocenters. The number of benzene rings is 4. The van der Waals surface area contributed by atoms with Gasteiger partial charge >= 0.3 is 0 Å². The van der Waals surface area contributed by atoms with Crippen LogP contribution in [0.5, 0.6) is 11.5 Å². The number of aromatic nitrogens is 1. The minimum absolute atomic E-state index is 0.316. The lowest BCUT2D eigenvalue weighted by atomic mass is 10.1. The van der Waals surface area contributed by atoms with E-state index in [4.69, 9.17) is 21.1 Å². The maximum absolute atomic E-state index is 12.7. The minimum Gasteiger partial charge on any atom is -0.490 e. The van der Waals surface area contributed by atoms with Gasteiger partial charge in [0.1, 0.15) is 6.61 Å². The third-order valence-electron chi connectivity index (χ3n) is 6.23. The van der Waals surface area contributed by atoms with Crippen molar-refractivity contribution >= 4 is 68.5 Å². The summed E-state index contributed by atoms with van der Waals surface area (Å²) < 4.78 is 12.8. The molecule has 0 saturated heterocycles. The Morgan fingerprint density at radius 1 is 1.05 bits per heavy atom. The molecule has 0 aliphatic heterocycles. The molecule has 0 spiro atoms. The quantitative estimate of drug-likeness (QED) is 0.0809. The van der Waals surface area contributed by atoms with Crippen LogP contribution >= 0.6 is 45.5 Å². The van der Waals surface area contributed by atoms with Crippen LogP contribution in [-0.4, -0.2) is 23.7 Å². The zero-order chi connectivity index (χ0) is 30.2. The summed E-state index contributed by atoms with van der Waals surface area (Å²) >= 11 is 9.83. The monoisotopic (exact) mass is 722 g/mol. The Morgan fingerprint density at radius 2 is 1.84 bits per heavy atom. The van der Waals surface area contributed by atoms with Gasteiger partial charge in [0, 0.05) is 27.2 Å². The van der Waals surface area contributed by atoms with Gasteiger partial charge in [0.25, 0.3) is 5.91 Å². The minimum atomic E-state index is -0.316. The number of rotatable bonds is 11. The van der Waals surface area contributed by atoms with Crippen LogP contribution in [0.15, 0.2) is 95.4 Å². The molecule has 1 aromatic heterocycles. The SMILES string of the molecule is CCOc1cc(/C=N\NC(=O)c2ccc(-c3csc(Nc4ccc(C)cc4)n3)cc2)cc(I)c1OCc1cccc(Cl)c1. The number of carbonyl (C=O) groups is 1. The van der Waals surface area contributed by atoms with E-state index in [0.717, 1.165) is 36.8 Å². The Balaban J connectivity index is 1.20. The van der Waals surface area contributed by atoms with E-state index in [1.165, 1.54) is 16.9 Å². The third kappa shape index (κ3) is 8.34. The van der Waals surface area contributed by atoms with Gasteiger partial charge in [0.15, 0.2) is 16.6 Å². The number of thiazole rings is 1. The van der Waals surface area contributed by atoms with E-state index in [2.05, 4.69) is 62.5 Å². The standard InChI is InChI=1S/C33H28ClIN4O3S/c1-3-41-30-17-23(16-28(35)31(30)42-19-22-5-4-6-26(34)15-22)18-36-39-32(40)25-11-9-24(10-12-25)29-20-43-33(38-29)37-27-13-7-21(2)8-14-27/h4-18,20H,3,19H2,1-2H3,(H,37,38)(H,39,40)/b36-18-. The number of hydrogen-bond acceptors (Lipinski definition) is 7. The van der Waals surface area contributed by atoms with Crippen molar-refractivity contribution in [3.05, 3.63) is 121 Å². The fraction of sp³-hybridized carbons (Fsp3) is 0.121. The molecule has 1 heterocycles. The van der Waals surface area contributed by atoms with Crippen molar-refractivity contribution in [2.45, 2.75) is 20.5 Å². The molecule has 10 heteroatoms. The van der Waals surface area contributed by atoms with E-state index < -0.39 is 0 Å². The molecule has 1 amide bonds. The Morgan fingerprint density at radius 3 is 2.58 bits per heavy atom. The molecule has 5 rings (SSSR count). The number of amides is 1. The second-order valence-electron chi connectivity index (χ2n) is 9.49. The van der Waals surface area contributed by atoms with Gasteiger partial charge in [-0.1, -0.05) is 53.6 Å². The lowest BCUT2D eigenvalue weighted by Gasteiger charge is -2.15. The summed E-state index contributed by atoms with van der Waals surface area (Å²) in [5, 5.41) is 10.9. The van der Waals surface area contributed by atoms with Crippen molar-refractivity contribution in [1.82, 2.24) is 10.4 Å². The van der Waals surface area contributed by atoms with E-state index in [-0.39, 0.29) is 5.91 Å². The van der Waals surface area contributed by atoms with E-state index >= 15 is 0 Å². The molecule has 2 N–H and O–H groups in total. The summed E-state index contributed by atoms with van der Waals surface area (Å²) in [5.74, 6) is 0.921. The van der Waals surface area contributed by atoms with Crippen LogP contribution < -0.4 is 20.2 Å². The van der Waals surface area contributed by atoms with Crippen molar-refractivity contribution in [2.24, 2.45) is 5.10 Å². The zero-order valence-corrected chi connectivity index (χ0v) is 27.2. The van der Waals surface area contributed by atoms with Gasteiger partial charge in [-0.05, 0) is 96.1 Å². The van der Waals surface area contributed by atoms with Gasteiger partial charge in [0.2, 0.25) is 0 Å². The number of carbonyl (C=O) groups excluding carboxylic acids is 1. The van der Waals surface area contributed by atoms with Crippen LogP contribution in [0, 0.1) is 10.5 Å². The molecule has 5 aromatic rings. The average molecular weight is 723 g/mol. The van der Waals surface area contributed by atoms with Gasteiger partial charge in [-0.25, -0.2) is 10.4 Å². The lowest BCUT2D eigenvalue weighted by Crippen LogP contribution is -2.17. The first-order valence-electron chi connectivity index (χ1n) is 13.4. The zero-order valence-electron chi connectivity index (χ0n) is 23.4. The van der Waals surface area contributed by atoms with E-state index in [0.29, 0.717) is 35.3 Å². The number of hydrazone groups is 1. The van der Waals surface area contributed by atoms with Gasteiger partial charge in [0.05, 0.1) is 22.1 Å². The highest BCUT2D eigenvalue weighted by Crippen LogP contribution is 2.35. The highest BCUT2D eigenvalue weighted by Gasteiger charge is 2.13. The van der Waals surface area contributed by atoms with E-state index in [1.54, 1.807) is 18.3 Å². The molecule has 0 aliphatic carbocycles. The van der Waals surface area contributed by atoms with Crippen LogP contribution in [0.1, 0.15) is 34.0 Å². The maximum Gasteiger partial charge on any atom is 0.271 e. The highest BCUT2D eigenvalue weighted by molar-refractivity contribution is 14.1. The van der Waals surface area contributed by atoms with Gasteiger partial charge < -0.3 is 14.8 Å². The Hall–Kier alpha value is -3.93. The molecule has 43 heavy (non-hydrogen) atoms. The predicted molar refractivity (Wildman–Crippen MR) is 183 cm³/mol. The molecule has 7 nitrogen and oxygen atoms in total. The Labute approximate surface area is 273 Å². The van der Waals surface area contributed by atoms with E-state index in [9.17, 15) is 4.79 Å². The summed E-state index contributed by atoms with van der Waals surface area (Å²) in [6.45, 7) is 4.80. The molecule has 218 valence electrons. The summed E-state index contributed by atoms with van der Waals surface area (Å²) in [7, 11) is 0. The van der Waals surface area contributed by atoms with Crippen LogP contribution in [-0.2, 0) is 6.61 Å². The largest absolute Gasteiger partial charge is 0.490 e. The number of nitrogens with one attached hydrogen (secondary N) is 2. The smallest absolute Gasteiger partial charge is 0.271 e. The number of anilines is 2. The third-order valence-corrected chi connectivity index (χ3v) is 8.03. The average Bonchev–Trinajstić information content (AvgIpc) is 3.47.